The Morgan fingerprint density at radius 2 is 2.05 bits per heavy atom. The molecule has 0 unspecified atom stereocenters. The zero-order valence-electron chi connectivity index (χ0n) is 12.5. The first kappa shape index (κ1) is 16.5. The molecule has 0 radical (unpaired) electrons. The normalized spacial score (nSPS) is 16.0. The molecule has 120 valence electrons. The molecule has 0 aliphatic heterocycles. The number of esters is 1. The number of ether oxygens (including phenoxy) is 1. The molecular formula is C15H20N2O4S. The van der Waals surface area contributed by atoms with Gasteiger partial charge in [0, 0.05) is 13.0 Å². The Morgan fingerprint density at radius 1 is 1.32 bits per heavy atom. The highest BCUT2D eigenvalue weighted by Crippen LogP contribution is 2.30. The number of carbonyl (C=O) groups is 3. The predicted octanol–water partition coefficient (Wildman–Crippen LogP) is 1.47. The molecule has 0 bridgehead atoms. The molecule has 2 N–H and O–H groups in total. The Kier molecular flexibility index (Phi) is 5.54. The number of hydrogen-bond acceptors (Lipinski definition) is 5. The highest BCUT2D eigenvalue weighted by atomic mass is 32.1. The van der Waals surface area contributed by atoms with E-state index in [1.54, 1.807) is 12.1 Å². The molecule has 0 spiro atoms. The zero-order valence-corrected chi connectivity index (χ0v) is 13.3. The van der Waals surface area contributed by atoms with Crippen molar-refractivity contribution in [3.05, 3.63) is 22.4 Å². The SMILES string of the molecule is COC(=O)C1(NC(=O)CCNC(=O)c2cccs2)CCCC1. The second-order valence-electron chi connectivity index (χ2n) is 5.31. The number of nitrogens with one attached hydrogen (secondary N) is 2. The lowest BCUT2D eigenvalue weighted by Crippen LogP contribution is -2.53. The summed E-state index contributed by atoms with van der Waals surface area (Å²) in [6, 6.07) is 3.53. The summed E-state index contributed by atoms with van der Waals surface area (Å²) in [4.78, 5) is 36.3. The largest absolute Gasteiger partial charge is 0.467 e. The van der Waals surface area contributed by atoms with Gasteiger partial charge in [-0.1, -0.05) is 18.9 Å². The molecular weight excluding hydrogens is 304 g/mol. The second-order valence-corrected chi connectivity index (χ2v) is 6.26. The van der Waals surface area contributed by atoms with Crippen molar-refractivity contribution < 1.29 is 19.1 Å². The van der Waals surface area contributed by atoms with Crippen LogP contribution >= 0.6 is 11.3 Å². The monoisotopic (exact) mass is 324 g/mol. The van der Waals surface area contributed by atoms with Crippen LogP contribution in [0.25, 0.3) is 0 Å². The van der Waals surface area contributed by atoms with Crippen molar-refractivity contribution in [2.24, 2.45) is 0 Å². The molecule has 7 heteroatoms. The molecule has 0 atom stereocenters. The van der Waals surface area contributed by atoms with Crippen LogP contribution < -0.4 is 10.6 Å². The van der Waals surface area contributed by atoms with Gasteiger partial charge in [-0.25, -0.2) is 4.79 Å². The highest BCUT2D eigenvalue weighted by Gasteiger charge is 2.43. The van der Waals surface area contributed by atoms with E-state index in [9.17, 15) is 14.4 Å². The van der Waals surface area contributed by atoms with E-state index in [4.69, 9.17) is 4.74 Å². The van der Waals surface area contributed by atoms with Gasteiger partial charge in [0.05, 0.1) is 12.0 Å². The van der Waals surface area contributed by atoms with Gasteiger partial charge in [-0.15, -0.1) is 11.3 Å². The number of thiophene rings is 1. The Bertz CT molecular complexity index is 536. The van der Waals surface area contributed by atoms with Crippen molar-refractivity contribution in [2.75, 3.05) is 13.7 Å². The molecule has 1 aliphatic carbocycles. The third-order valence-electron chi connectivity index (χ3n) is 3.79. The van der Waals surface area contributed by atoms with Crippen LogP contribution in [-0.2, 0) is 14.3 Å². The van der Waals surface area contributed by atoms with E-state index in [0.29, 0.717) is 17.7 Å². The van der Waals surface area contributed by atoms with Crippen molar-refractivity contribution in [1.82, 2.24) is 10.6 Å². The maximum absolute atomic E-state index is 12.0. The molecule has 2 amide bonds. The van der Waals surface area contributed by atoms with Gasteiger partial charge in [-0.3, -0.25) is 9.59 Å². The van der Waals surface area contributed by atoms with Crippen molar-refractivity contribution in [3.63, 3.8) is 0 Å². The maximum atomic E-state index is 12.0. The van der Waals surface area contributed by atoms with Crippen LogP contribution in [-0.4, -0.2) is 37.0 Å². The predicted molar refractivity (Wildman–Crippen MR) is 82.6 cm³/mol. The van der Waals surface area contributed by atoms with E-state index in [2.05, 4.69) is 10.6 Å². The van der Waals surface area contributed by atoms with Crippen LogP contribution in [0.3, 0.4) is 0 Å². The van der Waals surface area contributed by atoms with Crippen LogP contribution in [0.5, 0.6) is 0 Å². The van der Waals surface area contributed by atoms with Gasteiger partial charge in [0.15, 0.2) is 0 Å². The molecule has 1 aromatic heterocycles. The molecule has 2 rings (SSSR count). The summed E-state index contributed by atoms with van der Waals surface area (Å²) in [6.07, 6.45) is 3.13. The number of carbonyl (C=O) groups excluding carboxylic acids is 3. The van der Waals surface area contributed by atoms with Crippen molar-refractivity contribution in [3.8, 4) is 0 Å². The number of amides is 2. The van der Waals surface area contributed by atoms with E-state index in [1.165, 1.54) is 18.4 Å². The minimum Gasteiger partial charge on any atom is -0.467 e. The smallest absolute Gasteiger partial charge is 0.331 e. The van der Waals surface area contributed by atoms with Crippen LogP contribution in [0.1, 0.15) is 41.8 Å². The fourth-order valence-electron chi connectivity index (χ4n) is 2.67. The van der Waals surface area contributed by atoms with Gasteiger partial charge in [-0.2, -0.15) is 0 Å². The lowest BCUT2D eigenvalue weighted by molar-refractivity contribution is -0.150. The third kappa shape index (κ3) is 3.85. The summed E-state index contributed by atoms with van der Waals surface area (Å²) in [5, 5.41) is 7.30. The summed E-state index contributed by atoms with van der Waals surface area (Å²) < 4.78 is 4.81. The van der Waals surface area contributed by atoms with Crippen LogP contribution in [0.2, 0.25) is 0 Å². The molecule has 0 aromatic carbocycles. The number of hydrogen-bond donors (Lipinski definition) is 2. The molecule has 1 heterocycles. The fourth-order valence-corrected chi connectivity index (χ4v) is 3.31. The number of methoxy groups -OCH3 is 1. The Hall–Kier alpha value is -1.89. The van der Waals surface area contributed by atoms with E-state index in [0.717, 1.165) is 12.8 Å². The van der Waals surface area contributed by atoms with Gasteiger partial charge >= 0.3 is 5.97 Å². The Balaban J connectivity index is 1.79. The minimum atomic E-state index is -0.885. The van der Waals surface area contributed by atoms with Crippen LogP contribution in [0, 0.1) is 0 Å². The molecule has 1 aromatic rings. The average molecular weight is 324 g/mol. The minimum absolute atomic E-state index is 0.135. The van der Waals surface area contributed by atoms with Gasteiger partial charge < -0.3 is 15.4 Å². The quantitative estimate of drug-likeness (QED) is 0.776. The first-order valence-electron chi connectivity index (χ1n) is 7.28. The van der Waals surface area contributed by atoms with Gasteiger partial charge in [-0.05, 0) is 24.3 Å². The topological polar surface area (TPSA) is 84.5 Å². The van der Waals surface area contributed by atoms with Crippen molar-refractivity contribution in [2.45, 2.75) is 37.6 Å². The van der Waals surface area contributed by atoms with Gasteiger partial charge in [0.1, 0.15) is 5.54 Å². The average Bonchev–Trinajstić information content (AvgIpc) is 3.18. The molecule has 0 saturated heterocycles. The summed E-state index contributed by atoms with van der Waals surface area (Å²) in [7, 11) is 1.33. The highest BCUT2D eigenvalue weighted by molar-refractivity contribution is 7.12. The number of rotatable bonds is 6. The first-order chi connectivity index (χ1) is 10.6. The summed E-state index contributed by atoms with van der Waals surface area (Å²) >= 11 is 1.35. The summed E-state index contributed by atoms with van der Waals surface area (Å²) in [6.45, 7) is 0.236. The first-order valence-corrected chi connectivity index (χ1v) is 8.16. The van der Waals surface area contributed by atoms with Crippen LogP contribution in [0.15, 0.2) is 17.5 Å². The summed E-state index contributed by atoms with van der Waals surface area (Å²) in [5.41, 5.74) is -0.885. The van der Waals surface area contributed by atoms with Crippen LogP contribution in [0.4, 0.5) is 0 Å². The fraction of sp³-hybridized carbons (Fsp3) is 0.533. The third-order valence-corrected chi connectivity index (χ3v) is 4.66. The Labute approximate surface area is 133 Å². The lowest BCUT2D eigenvalue weighted by atomic mass is 9.97. The molecule has 22 heavy (non-hydrogen) atoms. The molecule has 1 fully saturated rings. The van der Waals surface area contributed by atoms with E-state index < -0.39 is 5.54 Å². The van der Waals surface area contributed by atoms with E-state index in [-0.39, 0.29) is 30.7 Å². The van der Waals surface area contributed by atoms with Gasteiger partial charge in [0.25, 0.3) is 5.91 Å². The Morgan fingerprint density at radius 3 is 2.64 bits per heavy atom. The molecule has 6 nitrogen and oxygen atoms in total. The van der Waals surface area contributed by atoms with Crippen molar-refractivity contribution >= 4 is 29.1 Å². The van der Waals surface area contributed by atoms with E-state index in [1.807, 2.05) is 5.38 Å². The maximum Gasteiger partial charge on any atom is 0.331 e. The summed E-state index contributed by atoms with van der Waals surface area (Å²) in [5.74, 6) is -0.828. The van der Waals surface area contributed by atoms with E-state index >= 15 is 0 Å². The zero-order chi connectivity index (χ0) is 16.0. The molecule has 1 saturated carbocycles. The standard InChI is InChI=1S/C15H20N2O4S/c1-21-14(20)15(7-2-3-8-15)17-12(18)6-9-16-13(19)11-5-4-10-22-11/h4-5,10H,2-3,6-9H2,1H3,(H,16,19)(H,17,18). The second kappa shape index (κ2) is 7.40. The van der Waals surface area contributed by atoms with Crippen molar-refractivity contribution in [1.29, 1.82) is 0 Å². The molecule has 1 aliphatic rings. The van der Waals surface area contributed by atoms with Gasteiger partial charge in [0.2, 0.25) is 5.91 Å². The lowest BCUT2D eigenvalue weighted by Gasteiger charge is -2.27.